The molecule has 0 fully saturated rings. The Labute approximate surface area is 209 Å². The van der Waals surface area contributed by atoms with E-state index < -0.39 is 11.9 Å². The lowest BCUT2D eigenvalue weighted by Crippen LogP contribution is -2.17. The first kappa shape index (κ1) is 26.1. The van der Waals surface area contributed by atoms with Gasteiger partial charge in [-0.15, -0.1) is 0 Å². The molecule has 0 aliphatic carbocycles. The fraction of sp³-hybridized carbons (Fsp3) is 0.185. The molecule has 0 unspecified atom stereocenters. The molecule has 0 amide bonds. The van der Waals surface area contributed by atoms with Crippen molar-refractivity contribution in [2.45, 2.75) is 13.0 Å². The van der Waals surface area contributed by atoms with E-state index in [-0.39, 0.29) is 0 Å². The molecule has 1 aliphatic rings. The number of benzene rings is 2. The van der Waals surface area contributed by atoms with Gasteiger partial charge in [0.25, 0.3) is 0 Å². The summed E-state index contributed by atoms with van der Waals surface area (Å²) in [6, 6.07) is 18.3. The van der Waals surface area contributed by atoms with E-state index >= 15 is 0 Å². The Balaban J connectivity index is 0.000000392. The molecule has 6 bridgehead atoms. The summed E-state index contributed by atoms with van der Waals surface area (Å²) < 4.78 is 5.90. The Kier molecular flexibility index (Phi) is 9.72. The molecule has 0 radical (unpaired) electrons. The second-order valence-electron chi connectivity index (χ2n) is 7.93. The van der Waals surface area contributed by atoms with Crippen molar-refractivity contribution in [2.24, 2.45) is 0 Å². The lowest BCUT2D eigenvalue weighted by atomic mass is 10.1. The molecule has 186 valence electrons. The minimum Gasteiger partial charge on any atom is -0.493 e. The lowest BCUT2D eigenvalue weighted by molar-refractivity contribution is -0.134. The fourth-order valence-corrected chi connectivity index (χ4v) is 3.34. The van der Waals surface area contributed by atoms with Crippen LogP contribution in [0.25, 0.3) is 11.3 Å². The van der Waals surface area contributed by atoms with Gasteiger partial charge in [0.2, 0.25) is 5.95 Å². The molecule has 2 heterocycles. The summed E-state index contributed by atoms with van der Waals surface area (Å²) in [6.07, 6.45) is 8.15. The molecule has 0 saturated carbocycles. The van der Waals surface area contributed by atoms with Gasteiger partial charge in [-0.3, -0.25) is 4.90 Å². The number of carbonyl (C=O) groups is 2. The van der Waals surface area contributed by atoms with Gasteiger partial charge in [-0.1, -0.05) is 36.4 Å². The summed E-state index contributed by atoms with van der Waals surface area (Å²) in [5.41, 5.74) is 4.10. The molecule has 0 atom stereocenters. The highest BCUT2D eigenvalue weighted by molar-refractivity contribution is 5.89. The van der Waals surface area contributed by atoms with Crippen LogP contribution in [0.3, 0.4) is 0 Å². The van der Waals surface area contributed by atoms with Crippen LogP contribution >= 0.6 is 0 Å². The molecule has 1 aliphatic heterocycles. The predicted molar refractivity (Wildman–Crippen MR) is 137 cm³/mol. The van der Waals surface area contributed by atoms with Crippen LogP contribution in [-0.2, 0) is 16.1 Å². The van der Waals surface area contributed by atoms with Crippen molar-refractivity contribution in [2.75, 3.05) is 25.5 Å². The number of ether oxygens (including phenoxy) is 1. The molecular weight excluding hydrogens is 460 g/mol. The number of likely N-dealkylation sites (N-methyl/N-ethyl adjacent to an activating group) is 1. The predicted octanol–water partition coefficient (Wildman–Crippen LogP) is 4.37. The summed E-state index contributed by atoms with van der Waals surface area (Å²) in [7, 11) is 2.12. The summed E-state index contributed by atoms with van der Waals surface area (Å²) in [5, 5.41) is 18.9. The highest BCUT2D eigenvalue weighted by Crippen LogP contribution is 2.24. The van der Waals surface area contributed by atoms with Crippen LogP contribution in [0.1, 0.15) is 12.0 Å². The third-order valence-corrected chi connectivity index (χ3v) is 4.93. The number of aliphatic carboxylic acids is 2. The van der Waals surface area contributed by atoms with Gasteiger partial charge in [-0.25, -0.2) is 19.6 Å². The van der Waals surface area contributed by atoms with Crippen molar-refractivity contribution in [1.29, 1.82) is 0 Å². The normalized spacial score (nSPS) is 14.7. The van der Waals surface area contributed by atoms with E-state index in [4.69, 9.17) is 14.9 Å². The van der Waals surface area contributed by atoms with Crippen LogP contribution in [0.15, 0.2) is 85.1 Å². The van der Waals surface area contributed by atoms with Crippen molar-refractivity contribution in [3.05, 3.63) is 90.7 Å². The number of carboxylic acids is 2. The van der Waals surface area contributed by atoms with Gasteiger partial charge in [0, 0.05) is 42.7 Å². The monoisotopic (exact) mass is 488 g/mol. The number of anilines is 2. The maximum atomic E-state index is 9.55. The Morgan fingerprint density at radius 1 is 1.03 bits per heavy atom. The molecule has 9 heteroatoms. The molecule has 1 aromatic heterocycles. The number of hydrogen-bond donors (Lipinski definition) is 3. The van der Waals surface area contributed by atoms with Crippen LogP contribution in [-0.4, -0.2) is 57.2 Å². The first-order valence-electron chi connectivity index (χ1n) is 11.3. The van der Waals surface area contributed by atoms with E-state index in [0.717, 1.165) is 42.2 Å². The highest BCUT2D eigenvalue weighted by atomic mass is 16.5. The standard InChI is InChI=1S/C23H24N4O.C4H4O4/c1-27-13-3-2-4-14-28-21-10-6-8-19(16-21)22-11-12-24-23(26-22)25-20-9-5-7-18(15-20)17-27;5-3(6)1-2-4(7)8/h2-3,5-12,15-16H,4,13-14,17H2,1H3,(H,24,25,26);1-2H,(H,5,6)(H,7,8)/b3-2+;2-1+. The molecule has 36 heavy (non-hydrogen) atoms. The number of carboxylic acid groups (broad SMARTS) is 2. The van der Waals surface area contributed by atoms with Crippen LogP contribution < -0.4 is 10.1 Å². The second-order valence-corrected chi connectivity index (χ2v) is 7.93. The van der Waals surface area contributed by atoms with Crippen molar-refractivity contribution in [3.63, 3.8) is 0 Å². The van der Waals surface area contributed by atoms with Crippen molar-refractivity contribution in [1.82, 2.24) is 14.9 Å². The number of hydrogen-bond acceptors (Lipinski definition) is 7. The summed E-state index contributed by atoms with van der Waals surface area (Å²) in [4.78, 5) is 30.4. The van der Waals surface area contributed by atoms with E-state index in [9.17, 15) is 9.59 Å². The van der Waals surface area contributed by atoms with E-state index in [1.165, 1.54) is 5.56 Å². The van der Waals surface area contributed by atoms with E-state index in [1.807, 2.05) is 36.4 Å². The number of aromatic nitrogens is 2. The van der Waals surface area contributed by atoms with Crippen molar-refractivity contribution < 1.29 is 24.5 Å². The maximum Gasteiger partial charge on any atom is 0.328 e. The smallest absolute Gasteiger partial charge is 0.328 e. The largest absolute Gasteiger partial charge is 0.493 e. The molecule has 3 aromatic rings. The van der Waals surface area contributed by atoms with Gasteiger partial charge >= 0.3 is 11.9 Å². The molecule has 9 nitrogen and oxygen atoms in total. The Morgan fingerprint density at radius 3 is 2.58 bits per heavy atom. The van der Waals surface area contributed by atoms with E-state index in [0.29, 0.717) is 24.7 Å². The highest BCUT2D eigenvalue weighted by Gasteiger charge is 2.06. The zero-order chi connectivity index (χ0) is 25.8. The van der Waals surface area contributed by atoms with Gasteiger partial charge in [0.15, 0.2) is 0 Å². The lowest BCUT2D eigenvalue weighted by Gasteiger charge is -2.15. The van der Waals surface area contributed by atoms with Gasteiger partial charge in [0.05, 0.1) is 12.3 Å². The average Bonchev–Trinajstić information content (AvgIpc) is 2.85. The SMILES string of the molecule is CN1C/C=C/CCOc2cccc(c2)-c2ccnc(n2)Nc2cccc(c2)C1.O=C(O)/C=C/C(=O)O. The molecule has 3 N–H and O–H groups in total. The number of nitrogens with one attached hydrogen (secondary N) is 1. The van der Waals surface area contributed by atoms with Gasteiger partial charge in [-0.2, -0.15) is 0 Å². The molecular formula is C27H28N4O5. The first-order valence-corrected chi connectivity index (χ1v) is 11.3. The quantitative estimate of drug-likeness (QED) is 0.356. The first-order chi connectivity index (χ1) is 17.4. The van der Waals surface area contributed by atoms with Gasteiger partial charge in [-0.05, 0) is 49.4 Å². The third kappa shape index (κ3) is 9.03. The zero-order valence-corrected chi connectivity index (χ0v) is 19.9. The maximum absolute atomic E-state index is 9.55. The Morgan fingerprint density at radius 2 is 1.81 bits per heavy atom. The van der Waals surface area contributed by atoms with Crippen LogP contribution in [0.5, 0.6) is 5.75 Å². The Bertz CT molecular complexity index is 1230. The number of rotatable bonds is 2. The summed E-state index contributed by atoms with van der Waals surface area (Å²) in [5.74, 6) is -1.08. The number of nitrogens with zero attached hydrogens (tertiary/aromatic N) is 3. The topological polar surface area (TPSA) is 125 Å². The van der Waals surface area contributed by atoms with Crippen molar-refractivity contribution in [3.8, 4) is 17.0 Å². The fourth-order valence-electron chi connectivity index (χ4n) is 3.34. The molecule has 0 spiro atoms. The molecule has 4 rings (SSSR count). The van der Waals surface area contributed by atoms with Gasteiger partial charge in [0.1, 0.15) is 5.75 Å². The van der Waals surface area contributed by atoms with E-state index in [2.05, 4.69) is 57.6 Å². The minimum absolute atomic E-state index is 0.558. The second kappa shape index (κ2) is 13.4. The summed E-state index contributed by atoms with van der Waals surface area (Å²) >= 11 is 0. The third-order valence-electron chi connectivity index (χ3n) is 4.93. The molecule has 2 aromatic carbocycles. The molecule has 0 saturated heterocycles. The number of fused-ring (bicyclic) bond motifs is 7. The zero-order valence-electron chi connectivity index (χ0n) is 19.9. The Hall–Kier alpha value is -4.50. The van der Waals surface area contributed by atoms with Crippen LogP contribution in [0.2, 0.25) is 0 Å². The minimum atomic E-state index is -1.26. The summed E-state index contributed by atoms with van der Waals surface area (Å²) in [6.45, 7) is 2.43. The average molecular weight is 489 g/mol. The van der Waals surface area contributed by atoms with E-state index in [1.54, 1.807) is 6.20 Å². The van der Waals surface area contributed by atoms with Crippen LogP contribution in [0.4, 0.5) is 11.6 Å². The van der Waals surface area contributed by atoms with Gasteiger partial charge < -0.3 is 20.3 Å². The van der Waals surface area contributed by atoms with Crippen molar-refractivity contribution >= 4 is 23.6 Å². The van der Waals surface area contributed by atoms with Crippen LogP contribution in [0, 0.1) is 0 Å².